The van der Waals surface area contributed by atoms with E-state index in [2.05, 4.69) is 0 Å². The standard InChI is InChI=1S/C12H19N5O3/c1-14-7-17(6-4-5-8(13)18)9-10(14)15(2)12(20)16(3)11(9)19/h4-7H2,1-3H3,(H2,13,18). The number of hydrogen-bond donors (Lipinski definition) is 1. The van der Waals surface area contributed by atoms with Gasteiger partial charge in [0.1, 0.15) is 11.5 Å². The Kier molecular flexibility index (Phi) is 3.56. The molecular formula is C12H19N5O3. The summed E-state index contributed by atoms with van der Waals surface area (Å²) in [7, 11) is 4.93. The molecule has 0 atom stereocenters. The average molecular weight is 281 g/mol. The van der Waals surface area contributed by atoms with Gasteiger partial charge in [-0.25, -0.2) is 4.79 Å². The van der Waals surface area contributed by atoms with E-state index in [0.29, 0.717) is 31.1 Å². The molecule has 0 bridgehead atoms. The van der Waals surface area contributed by atoms with Gasteiger partial charge in [-0.15, -0.1) is 0 Å². The van der Waals surface area contributed by atoms with Gasteiger partial charge in [0.25, 0.3) is 5.56 Å². The molecule has 2 heterocycles. The lowest BCUT2D eigenvalue weighted by molar-refractivity contribution is -0.118. The predicted molar refractivity (Wildman–Crippen MR) is 76.0 cm³/mol. The molecule has 1 aromatic heterocycles. The molecule has 2 N–H and O–H groups in total. The van der Waals surface area contributed by atoms with Crippen LogP contribution >= 0.6 is 0 Å². The Morgan fingerprint density at radius 3 is 2.45 bits per heavy atom. The number of rotatable bonds is 4. The first kappa shape index (κ1) is 14.2. The molecule has 0 aromatic carbocycles. The molecule has 8 heteroatoms. The Morgan fingerprint density at radius 2 is 1.85 bits per heavy atom. The van der Waals surface area contributed by atoms with Gasteiger partial charge in [-0.3, -0.25) is 18.7 Å². The van der Waals surface area contributed by atoms with E-state index in [1.54, 1.807) is 7.05 Å². The van der Waals surface area contributed by atoms with Crippen LogP contribution in [0.1, 0.15) is 12.8 Å². The SMILES string of the molecule is CN1CN(CCCC(N)=O)c2c1n(C)c(=O)n(C)c2=O. The first-order chi connectivity index (χ1) is 9.34. The zero-order valence-corrected chi connectivity index (χ0v) is 11.9. The van der Waals surface area contributed by atoms with Crippen molar-refractivity contribution in [3.8, 4) is 0 Å². The van der Waals surface area contributed by atoms with Crippen LogP contribution in [-0.4, -0.2) is 35.3 Å². The number of aromatic nitrogens is 2. The lowest BCUT2D eigenvalue weighted by Crippen LogP contribution is -2.39. The van der Waals surface area contributed by atoms with Gasteiger partial charge in [-0.2, -0.15) is 0 Å². The summed E-state index contributed by atoms with van der Waals surface area (Å²) in [5, 5.41) is 0. The smallest absolute Gasteiger partial charge is 0.332 e. The van der Waals surface area contributed by atoms with Crippen molar-refractivity contribution in [3.05, 3.63) is 20.8 Å². The maximum Gasteiger partial charge on any atom is 0.332 e. The highest BCUT2D eigenvalue weighted by Gasteiger charge is 2.30. The summed E-state index contributed by atoms with van der Waals surface area (Å²) in [5.41, 5.74) is 4.96. The van der Waals surface area contributed by atoms with Gasteiger partial charge >= 0.3 is 5.69 Å². The molecule has 0 radical (unpaired) electrons. The maximum absolute atomic E-state index is 12.3. The highest BCUT2D eigenvalue weighted by atomic mass is 16.2. The molecule has 0 unspecified atom stereocenters. The van der Waals surface area contributed by atoms with Gasteiger partial charge in [0.05, 0.1) is 6.67 Å². The fraction of sp³-hybridized carbons (Fsp3) is 0.583. The van der Waals surface area contributed by atoms with Crippen LogP contribution in [0.4, 0.5) is 11.5 Å². The zero-order valence-electron chi connectivity index (χ0n) is 11.9. The Bertz CT molecular complexity index is 660. The number of carbonyl (C=O) groups is 1. The summed E-state index contributed by atoms with van der Waals surface area (Å²) in [6.07, 6.45) is 0.857. The normalized spacial score (nSPS) is 13.8. The van der Waals surface area contributed by atoms with E-state index in [4.69, 9.17) is 5.73 Å². The van der Waals surface area contributed by atoms with Gasteiger partial charge in [0.15, 0.2) is 0 Å². The number of nitrogens with two attached hydrogens (primary N) is 1. The van der Waals surface area contributed by atoms with Gasteiger partial charge in [0, 0.05) is 34.1 Å². The summed E-state index contributed by atoms with van der Waals surface area (Å²) in [6, 6.07) is 0. The first-order valence-electron chi connectivity index (χ1n) is 6.39. The van der Waals surface area contributed by atoms with E-state index in [1.165, 1.54) is 11.6 Å². The number of nitrogens with zero attached hydrogens (tertiary/aromatic N) is 4. The van der Waals surface area contributed by atoms with Gasteiger partial charge in [-0.1, -0.05) is 0 Å². The summed E-state index contributed by atoms with van der Waals surface area (Å²) in [4.78, 5) is 38.7. The number of amides is 1. The van der Waals surface area contributed by atoms with E-state index in [-0.39, 0.29) is 23.6 Å². The van der Waals surface area contributed by atoms with E-state index >= 15 is 0 Å². The molecule has 8 nitrogen and oxygen atoms in total. The topological polar surface area (TPSA) is 93.6 Å². The molecule has 1 aromatic rings. The van der Waals surface area contributed by atoms with E-state index in [0.717, 1.165) is 4.57 Å². The number of hydrogen-bond acceptors (Lipinski definition) is 5. The third-order valence-corrected chi connectivity index (χ3v) is 3.52. The highest BCUT2D eigenvalue weighted by molar-refractivity contribution is 5.74. The molecule has 0 saturated heterocycles. The lowest BCUT2D eigenvalue weighted by atomic mass is 10.3. The number of anilines is 2. The molecule has 2 rings (SSSR count). The predicted octanol–water partition coefficient (Wildman–Crippen LogP) is -1.44. The van der Waals surface area contributed by atoms with Gasteiger partial charge in [-0.05, 0) is 6.42 Å². The van der Waals surface area contributed by atoms with Crippen LogP contribution in [-0.2, 0) is 18.9 Å². The third kappa shape index (κ3) is 2.17. The third-order valence-electron chi connectivity index (χ3n) is 3.52. The van der Waals surface area contributed by atoms with Crippen molar-refractivity contribution < 1.29 is 4.79 Å². The minimum absolute atomic E-state index is 0.279. The van der Waals surface area contributed by atoms with E-state index < -0.39 is 0 Å². The van der Waals surface area contributed by atoms with Gasteiger partial charge < -0.3 is 15.5 Å². The number of carbonyl (C=O) groups excluding carboxylic acids is 1. The van der Waals surface area contributed by atoms with Crippen molar-refractivity contribution in [1.29, 1.82) is 0 Å². The van der Waals surface area contributed by atoms with Crippen molar-refractivity contribution in [1.82, 2.24) is 9.13 Å². The van der Waals surface area contributed by atoms with E-state index in [1.807, 2.05) is 16.8 Å². The lowest BCUT2D eigenvalue weighted by Gasteiger charge is -2.17. The fourth-order valence-corrected chi connectivity index (χ4v) is 2.55. The monoisotopic (exact) mass is 281 g/mol. The van der Waals surface area contributed by atoms with Crippen molar-refractivity contribution in [2.45, 2.75) is 12.8 Å². The van der Waals surface area contributed by atoms with Crippen LogP contribution in [0.15, 0.2) is 9.59 Å². The molecule has 1 aliphatic heterocycles. The van der Waals surface area contributed by atoms with Crippen molar-refractivity contribution >= 4 is 17.4 Å². The Balaban J connectivity index is 2.40. The van der Waals surface area contributed by atoms with Crippen LogP contribution in [0.3, 0.4) is 0 Å². The van der Waals surface area contributed by atoms with Crippen molar-refractivity contribution in [3.63, 3.8) is 0 Å². The zero-order chi connectivity index (χ0) is 15.0. The van der Waals surface area contributed by atoms with Crippen molar-refractivity contribution in [2.75, 3.05) is 30.1 Å². The molecule has 110 valence electrons. The van der Waals surface area contributed by atoms with Gasteiger partial charge in [0.2, 0.25) is 5.91 Å². The fourth-order valence-electron chi connectivity index (χ4n) is 2.55. The molecular weight excluding hydrogens is 262 g/mol. The minimum Gasteiger partial charge on any atom is -0.370 e. The summed E-state index contributed by atoms with van der Waals surface area (Å²) in [5.74, 6) is 0.253. The van der Waals surface area contributed by atoms with E-state index in [9.17, 15) is 14.4 Å². The summed E-state index contributed by atoms with van der Waals surface area (Å²) >= 11 is 0. The number of primary amides is 1. The highest BCUT2D eigenvalue weighted by Crippen LogP contribution is 2.29. The Morgan fingerprint density at radius 1 is 1.20 bits per heavy atom. The second kappa shape index (κ2) is 5.03. The minimum atomic E-state index is -0.355. The van der Waals surface area contributed by atoms with Crippen LogP contribution in [0.5, 0.6) is 0 Å². The van der Waals surface area contributed by atoms with Crippen molar-refractivity contribution in [2.24, 2.45) is 19.8 Å². The molecule has 20 heavy (non-hydrogen) atoms. The largest absolute Gasteiger partial charge is 0.370 e. The first-order valence-corrected chi connectivity index (χ1v) is 6.39. The Labute approximate surface area is 116 Å². The van der Waals surface area contributed by atoms with Crippen LogP contribution in [0, 0.1) is 0 Å². The van der Waals surface area contributed by atoms with Crippen LogP contribution < -0.4 is 26.8 Å². The maximum atomic E-state index is 12.3. The summed E-state index contributed by atoms with van der Waals surface area (Å²) < 4.78 is 2.56. The molecule has 0 spiro atoms. The quantitative estimate of drug-likeness (QED) is 0.730. The molecule has 0 saturated carbocycles. The molecule has 0 aliphatic carbocycles. The van der Waals surface area contributed by atoms with Crippen LogP contribution in [0.25, 0.3) is 0 Å². The average Bonchev–Trinajstić information content (AvgIpc) is 2.70. The molecule has 1 aliphatic rings. The molecule has 0 fully saturated rings. The Hall–Kier alpha value is -2.25. The second-order valence-electron chi connectivity index (χ2n) is 5.05. The second-order valence-corrected chi connectivity index (χ2v) is 5.05. The van der Waals surface area contributed by atoms with Crippen LogP contribution in [0.2, 0.25) is 0 Å². The number of fused-ring (bicyclic) bond motifs is 1. The summed E-state index contributed by atoms with van der Waals surface area (Å²) in [6.45, 7) is 1.06. The molecule has 1 amide bonds.